The van der Waals surface area contributed by atoms with Crippen LogP contribution >= 0.6 is 0 Å². The molecule has 7 heteroatoms. The lowest BCUT2D eigenvalue weighted by Gasteiger charge is -2.09. The summed E-state index contributed by atoms with van der Waals surface area (Å²) in [6.45, 7) is 5.49. The van der Waals surface area contributed by atoms with Crippen LogP contribution in [0.2, 0.25) is 0 Å². The molecule has 0 N–H and O–H groups in total. The summed E-state index contributed by atoms with van der Waals surface area (Å²) < 4.78 is 25.1. The van der Waals surface area contributed by atoms with Gasteiger partial charge in [-0.05, 0) is 43.2 Å². The SMILES string of the molecule is C=CCC(N=[N+]=[N-])C1=NC(S(=O)(=O)c2ccc(C)cc2)C=C1. The van der Waals surface area contributed by atoms with Crippen molar-refractivity contribution in [1.29, 1.82) is 0 Å². The van der Waals surface area contributed by atoms with Gasteiger partial charge < -0.3 is 0 Å². The quantitative estimate of drug-likeness (QED) is 0.348. The normalized spacial score (nSPS) is 18.4. The van der Waals surface area contributed by atoms with Gasteiger partial charge in [-0.25, -0.2) is 8.42 Å². The minimum absolute atomic E-state index is 0.224. The van der Waals surface area contributed by atoms with Gasteiger partial charge in [0.05, 0.1) is 10.9 Å². The number of hydrogen-bond acceptors (Lipinski definition) is 4. The smallest absolute Gasteiger partial charge is 0.204 e. The number of aliphatic imine (C=N–C) groups is 1. The number of rotatable bonds is 6. The van der Waals surface area contributed by atoms with E-state index in [2.05, 4.69) is 21.6 Å². The average molecular weight is 316 g/mol. The zero-order valence-corrected chi connectivity index (χ0v) is 12.9. The van der Waals surface area contributed by atoms with Gasteiger partial charge in [0.1, 0.15) is 0 Å². The Bertz CT molecular complexity index is 772. The molecular formula is C15H16N4O2S. The van der Waals surface area contributed by atoms with Gasteiger partial charge in [0, 0.05) is 10.6 Å². The maximum atomic E-state index is 12.5. The van der Waals surface area contributed by atoms with Gasteiger partial charge in [0.2, 0.25) is 9.84 Å². The Morgan fingerprint density at radius 2 is 2.14 bits per heavy atom. The third kappa shape index (κ3) is 3.27. The fraction of sp³-hybridized carbons (Fsp3) is 0.267. The molecule has 1 aromatic carbocycles. The van der Waals surface area contributed by atoms with Crippen LogP contribution in [-0.4, -0.2) is 25.5 Å². The van der Waals surface area contributed by atoms with Crippen LogP contribution < -0.4 is 0 Å². The largest absolute Gasteiger partial charge is 0.265 e. The number of nitrogens with zero attached hydrogens (tertiary/aromatic N) is 4. The van der Waals surface area contributed by atoms with E-state index in [4.69, 9.17) is 5.53 Å². The van der Waals surface area contributed by atoms with Crippen molar-refractivity contribution in [2.24, 2.45) is 10.1 Å². The van der Waals surface area contributed by atoms with Crippen molar-refractivity contribution in [1.82, 2.24) is 0 Å². The van der Waals surface area contributed by atoms with Crippen LogP contribution in [0.4, 0.5) is 0 Å². The lowest BCUT2D eigenvalue weighted by atomic mass is 10.1. The van der Waals surface area contributed by atoms with Crippen LogP contribution in [0.15, 0.2) is 64.1 Å². The standard InChI is InChI=1S/C15H16N4O2S/c1-3-4-14(18-19-16)13-9-10-15(17-13)22(20,21)12-7-5-11(2)6-8-12/h3,5-10,14-15H,1,4H2,2H3. The molecule has 0 aliphatic carbocycles. The van der Waals surface area contributed by atoms with E-state index in [1.165, 1.54) is 6.08 Å². The highest BCUT2D eigenvalue weighted by molar-refractivity contribution is 7.92. The van der Waals surface area contributed by atoms with Gasteiger partial charge in [-0.15, -0.1) is 6.58 Å². The summed E-state index contributed by atoms with van der Waals surface area (Å²) in [5.41, 5.74) is 10.0. The van der Waals surface area contributed by atoms with E-state index in [-0.39, 0.29) is 4.90 Å². The zero-order valence-electron chi connectivity index (χ0n) is 12.1. The molecule has 22 heavy (non-hydrogen) atoms. The van der Waals surface area contributed by atoms with Gasteiger partial charge in [-0.3, -0.25) is 4.99 Å². The molecule has 0 aromatic heterocycles. The second-order valence-electron chi connectivity index (χ2n) is 4.91. The van der Waals surface area contributed by atoms with Crippen molar-refractivity contribution in [3.63, 3.8) is 0 Å². The zero-order chi connectivity index (χ0) is 16.2. The van der Waals surface area contributed by atoms with E-state index < -0.39 is 21.3 Å². The minimum Gasteiger partial charge on any atom is -0.265 e. The molecule has 0 fully saturated rings. The lowest BCUT2D eigenvalue weighted by Crippen LogP contribution is -2.18. The van der Waals surface area contributed by atoms with E-state index in [0.29, 0.717) is 12.1 Å². The van der Waals surface area contributed by atoms with E-state index in [1.54, 1.807) is 36.4 Å². The number of azide groups is 1. The Balaban J connectivity index is 2.31. The first-order valence-corrected chi connectivity index (χ1v) is 8.25. The summed E-state index contributed by atoms with van der Waals surface area (Å²) in [5, 5.41) is 2.65. The van der Waals surface area contributed by atoms with Gasteiger partial charge in [0.15, 0.2) is 5.37 Å². The van der Waals surface area contributed by atoms with Crippen molar-refractivity contribution >= 4 is 15.5 Å². The third-order valence-electron chi connectivity index (χ3n) is 3.30. The molecule has 0 radical (unpaired) electrons. The molecular weight excluding hydrogens is 300 g/mol. The predicted molar refractivity (Wildman–Crippen MR) is 86.5 cm³/mol. The van der Waals surface area contributed by atoms with E-state index >= 15 is 0 Å². The number of hydrogen-bond donors (Lipinski definition) is 0. The Hall–Kier alpha value is -2.37. The highest BCUT2D eigenvalue weighted by atomic mass is 32.2. The molecule has 6 nitrogen and oxygen atoms in total. The summed E-state index contributed by atoms with van der Waals surface area (Å²) >= 11 is 0. The lowest BCUT2D eigenvalue weighted by molar-refractivity contribution is 0.590. The van der Waals surface area contributed by atoms with Crippen LogP contribution in [0, 0.1) is 6.92 Å². The Morgan fingerprint density at radius 1 is 1.45 bits per heavy atom. The maximum absolute atomic E-state index is 12.5. The molecule has 0 bridgehead atoms. The predicted octanol–water partition coefficient (Wildman–Crippen LogP) is 3.36. The van der Waals surface area contributed by atoms with Crippen molar-refractivity contribution in [3.05, 3.63) is 65.1 Å². The van der Waals surface area contributed by atoms with Crippen molar-refractivity contribution in [2.75, 3.05) is 0 Å². The first kappa shape index (κ1) is 16.0. The van der Waals surface area contributed by atoms with Crippen LogP contribution in [0.5, 0.6) is 0 Å². The molecule has 114 valence electrons. The van der Waals surface area contributed by atoms with Crippen LogP contribution in [-0.2, 0) is 9.84 Å². The van der Waals surface area contributed by atoms with Gasteiger partial charge in [-0.1, -0.05) is 28.9 Å². The van der Waals surface area contributed by atoms with Crippen molar-refractivity contribution in [3.8, 4) is 0 Å². The molecule has 1 heterocycles. The van der Waals surface area contributed by atoms with E-state index in [9.17, 15) is 8.42 Å². The van der Waals surface area contributed by atoms with Crippen LogP contribution in [0.25, 0.3) is 10.4 Å². The highest BCUT2D eigenvalue weighted by Crippen LogP contribution is 2.23. The summed E-state index contributed by atoms with van der Waals surface area (Å²) in [6.07, 6.45) is 5.12. The molecule has 0 saturated heterocycles. The van der Waals surface area contributed by atoms with E-state index in [0.717, 1.165) is 5.56 Å². The third-order valence-corrected chi connectivity index (χ3v) is 5.13. The first-order valence-electron chi connectivity index (χ1n) is 6.70. The molecule has 2 rings (SSSR count). The van der Waals surface area contributed by atoms with Gasteiger partial charge >= 0.3 is 0 Å². The van der Waals surface area contributed by atoms with Gasteiger partial charge in [0.25, 0.3) is 0 Å². The van der Waals surface area contributed by atoms with E-state index in [1.807, 2.05) is 6.92 Å². The summed E-state index contributed by atoms with van der Waals surface area (Å²) in [6, 6.07) is 6.10. The Labute approximate surface area is 129 Å². The molecule has 0 spiro atoms. The topological polar surface area (TPSA) is 95.3 Å². The minimum atomic E-state index is -3.59. The number of aryl methyl sites for hydroxylation is 1. The summed E-state index contributed by atoms with van der Waals surface area (Å²) in [4.78, 5) is 7.19. The van der Waals surface area contributed by atoms with Crippen molar-refractivity contribution in [2.45, 2.75) is 29.7 Å². The second kappa shape index (κ2) is 6.60. The molecule has 0 amide bonds. The second-order valence-corrected chi connectivity index (χ2v) is 6.95. The summed E-state index contributed by atoms with van der Waals surface area (Å²) in [5.74, 6) is 0. The summed E-state index contributed by atoms with van der Waals surface area (Å²) in [7, 11) is -3.59. The van der Waals surface area contributed by atoms with Crippen LogP contribution in [0.1, 0.15) is 12.0 Å². The fourth-order valence-corrected chi connectivity index (χ4v) is 3.44. The van der Waals surface area contributed by atoms with Gasteiger partial charge in [-0.2, -0.15) is 0 Å². The molecule has 2 unspecified atom stereocenters. The number of benzene rings is 1. The Kier molecular flexibility index (Phi) is 4.80. The monoisotopic (exact) mass is 316 g/mol. The first-order chi connectivity index (χ1) is 10.5. The number of sulfone groups is 1. The van der Waals surface area contributed by atoms with Crippen LogP contribution in [0.3, 0.4) is 0 Å². The maximum Gasteiger partial charge on any atom is 0.204 e. The molecule has 0 saturated carbocycles. The molecule has 1 aliphatic heterocycles. The average Bonchev–Trinajstić information content (AvgIpc) is 2.98. The molecule has 1 aliphatic rings. The fourth-order valence-electron chi connectivity index (χ4n) is 2.10. The molecule has 1 aromatic rings. The highest BCUT2D eigenvalue weighted by Gasteiger charge is 2.29. The Morgan fingerprint density at radius 3 is 2.73 bits per heavy atom. The molecule has 2 atom stereocenters. The van der Waals surface area contributed by atoms with Crippen molar-refractivity contribution < 1.29 is 8.42 Å².